The predicted molar refractivity (Wildman–Crippen MR) is 51.9 cm³/mol. The third-order valence-corrected chi connectivity index (χ3v) is 2.46. The van der Waals surface area contributed by atoms with Crippen molar-refractivity contribution in [3.8, 4) is 0 Å². The van der Waals surface area contributed by atoms with Gasteiger partial charge in [-0.15, -0.1) is 0 Å². The number of rotatable bonds is 2. The van der Waals surface area contributed by atoms with E-state index in [1.165, 1.54) is 6.20 Å². The lowest BCUT2D eigenvalue weighted by molar-refractivity contribution is 0.0687. The number of nitrogens with zero attached hydrogens (tertiary/aromatic N) is 2. The smallest absolute Gasteiger partial charge is 0.356 e. The second kappa shape index (κ2) is 4.12. The van der Waals surface area contributed by atoms with E-state index in [2.05, 4.69) is 9.97 Å². The Balaban J connectivity index is 2.33. The van der Waals surface area contributed by atoms with Crippen molar-refractivity contribution in [2.24, 2.45) is 0 Å². The number of carboxylic acid groups (broad SMARTS) is 1. The molecule has 1 aromatic heterocycles. The summed E-state index contributed by atoms with van der Waals surface area (Å²) in [6.07, 6.45) is 2.87. The number of carbonyl (C=O) groups is 1. The van der Waals surface area contributed by atoms with E-state index < -0.39 is 5.97 Å². The molecule has 1 aromatic rings. The molecule has 0 radical (unpaired) electrons. The standard InChI is InChI=1S/C9H9ClN2O3/c10-5-4-11-8(6-2-1-3-15-6)12-7(5)9(13)14/h4,6H,1-3H2,(H,13,14). The van der Waals surface area contributed by atoms with Gasteiger partial charge in [-0.25, -0.2) is 14.8 Å². The highest BCUT2D eigenvalue weighted by atomic mass is 35.5. The zero-order valence-corrected chi connectivity index (χ0v) is 8.57. The molecule has 5 nitrogen and oxygen atoms in total. The van der Waals surface area contributed by atoms with E-state index in [0.717, 1.165) is 12.8 Å². The maximum Gasteiger partial charge on any atom is 0.356 e. The van der Waals surface area contributed by atoms with Gasteiger partial charge in [-0.2, -0.15) is 0 Å². The normalized spacial score (nSPS) is 20.5. The van der Waals surface area contributed by atoms with Crippen LogP contribution in [0.5, 0.6) is 0 Å². The van der Waals surface area contributed by atoms with Crippen LogP contribution < -0.4 is 0 Å². The molecule has 0 bridgehead atoms. The molecule has 2 heterocycles. The van der Waals surface area contributed by atoms with E-state index >= 15 is 0 Å². The van der Waals surface area contributed by atoms with Crippen molar-refractivity contribution in [2.75, 3.05) is 6.61 Å². The van der Waals surface area contributed by atoms with E-state index in [4.69, 9.17) is 21.4 Å². The summed E-state index contributed by atoms with van der Waals surface area (Å²) in [5, 5.41) is 8.86. The Morgan fingerprint density at radius 3 is 3.07 bits per heavy atom. The molecular formula is C9H9ClN2O3. The molecule has 6 heteroatoms. The van der Waals surface area contributed by atoms with E-state index in [-0.39, 0.29) is 16.8 Å². The predicted octanol–water partition coefficient (Wildman–Crippen LogP) is 1.68. The van der Waals surface area contributed by atoms with Gasteiger partial charge in [0.1, 0.15) is 6.10 Å². The first kappa shape index (κ1) is 10.3. The SMILES string of the molecule is O=C(O)c1nc(C2CCCO2)ncc1Cl. The van der Waals surface area contributed by atoms with Gasteiger partial charge >= 0.3 is 5.97 Å². The molecule has 0 spiro atoms. The first-order valence-corrected chi connectivity index (χ1v) is 4.93. The van der Waals surface area contributed by atoms with E-state index in [0.29, 0.717) is 12.4 Å². The van der Waals surface area contributed by atoms with E-state index in [1.54, 1.807) is 0 Å². The molecule has 80 valence electrons. The Labute approximate surface area is 91.1 Å². The maximum atomic E-state index is 10.8. The molecule has 0 amide bonds. The first-order chi connectivity index (χ1) is 7.18. The highest BCUT2D eigenvalue weighted by Crippen LogP contribution is 2.26. The summed E-state index contributed by atoms with van der Waals surface area (Å²) >= 11 is 5.65. The van der Waals surface area contributed by atoms with Crippen LogP contribution >= 0.6 is 11.6 Å². The van der Waals surface area contributed by atoms with Crippen molar-refractivity contribution >= 4 is 17.6 Å². The molecule has 0 aliphatic carbocycles. The second-order valence-electron chi connectivity index (χ2n) is 3.23. The summed E-state index contributed by atoms with van der Waals surface area (Å²) < 4.78 is 5.35. The lowest BCUT2D eigenvalue weighted by Crippen LogP contribution is -2.09. The summed E-state index contributed by atoms with van der Waals surface area (Å²) in [6.45, 7) is 0.666. The van der Waals surface area contributed by atoms with Gasteiger partial charge < -0.3 is 9.84 Å². The summed E-state index contributed by atoms with van der Waals surface area (Å²) in [7, 11) is 0. The van der Waals surface area contributed by atoms with Crippen molar-refractivity contribution in [3.63, 3.8) is 0 Å². The minimum Gasteiger partial charge on any atom is -0.476 e. The van der Waals surface area contributed by atoms with Crippen LogP contribution in [0.4, 0.5) is 0 Å². The molecule has 1 atom stereocenters. The molecule has 1 N–H and O–H groups in total. The van der Waals surface area contributed by atoms with Crippen LogP contribution in [0.25, 0.3) is 0 Å². The minimum atomic E-state index is -1.15. The van der Waals surface area contributed by atoms with Gasteiger partial charge in [0.25, 0.3) is 0 Å². The van der Waals surface area contributed by atoms with Crippen molar-refractivity contribution in [1.82, 2.24) is 9.97 Å². The number of hydrogen-bond acceptors (Lipinski definition) is 4. The fraction of sp³-hybridized carbons (Fsp3) is 0.444. The van der Waals surface area contributed by atoms with Crippen LogP contribution in [-0.4, -0.2) is 27.7 Å². The number of hydrogen-bond donors (Lipinski definition) is 1. The number of ether oxygens (including phenoxy) is 1. The van der Waals surface area contributed by atoms with Gasteiger partial charge in [-0.3, -0.25) is 0 Å². The number of aromatic carboxylic acids is 1. The fourth-order valence-electron chi connectivity index (χ4n) is 1.47. The monoisotopic (exact) mass is 228 g/mol. The van der Waals surface area contributed by atoms with E-state index in [9.17, 15) is 4.79 Å². The number of halogens is 1. The maximum absolute atomic E-state index is 10.8. The Bertz CT molecular complexity index is 391. The zero-order valence-electron chi connectivity index (χ0n) is 7.81. The molecular weight excluding hydrogens is 220 g/mol. The van der Waals surface area contributed by atoms with Gasteiger partial charge in [0.2, 0.25) is 0 Å². The van der Waals surface area contributed by atoms with Gasteiger partial charge in [0.15, 0.2) is 11.5 Å². The average molecular weight is 229 g/mol. The summed E-state index contributed by atoms with van der Waals surface area (Å²) in [5.41, 5.74) is -0.169. The molecule has 0 saturated carbocycles. The molecule has 1 saturated heterocycles. The number of carboxylic acids is 1. The van der Waals surface area contributed by atoms with Crippen LogP contribution in [0, 0.1) is 0 Å². The largest absolute Gasteiger partial charge is 0.476 e. The summed E-state index contributed by atoms with van der Waals surface area (Å²) in [6, 6.07) is 0. The van der Waals surface area contributed by atoms with Crippen LogP contribution in [0.1, 0.15) is 35.3 Å². The minimum absolute atomic E-state index is 0.0456. The third-order valence-electron chi connectivity index (χ3n) is 2.18. The third kappa shape index (κ3) is 2.08. The molecule has 2 rings (SSSR count). The van der Waals surface area contributed by atoms with Crippen molar-refractivity contribution in [2.45, 2.75) is 18.9 Å². The van der Waals surface area contributed by atoms with Crippen LogP contribution in [0.3, 0.4) is 0 Å². The Morgan fingerprint density at radius 1 is 1.67 bits per heavy atom. The molecule has 15 heavy (non-hydrogen) atoms. The lowest BCUT2D eigenvalue weighted by Gasteiger charge is -2.08. The van der Waals surface area contributed by atoms with Gasteiger partial charge in [0, 0.05) is 6.61 Å². The highest BCUT2D eigenvalue weighted by Gasteiger charge is 2.22. The van der Waals surface area contributed by atoms with Gasteiger partial charge in [-0.1, -0.05) is 11.6 Å². The molecule has 1 aliphatic heterocycles. The fourth-order valence-corrected chi connectivity index (χ4v) is 1.64. The van der Waals surface area contributed by atoms with Crippen LogP contribution in [0.2, 0.25) is 5.02 Å². The average Bonchev–Trinajstić information content (AvgIpc) is 2.71. The number of aromatic nitrogens is 2. The van der Waals surface area contributed by atoms with Crippen molar-refractivity contribution < 1.29 is 14.6 Å². The van der Waals surface area contributed by atoms with Crippen molar-refractivity contribution in [1.29, 1.82) is 0 Å². The molecule has 0 aromatic carbocycles. The van der Waals surface area contributed by atoms with Crippen molar-refractivity contribution in [3.05, 3.63) is 22.7 Å². The molecule has 1 fully saturated rings. The first-order valence-electron chi connectivity index (χ1n) is 4.56. The van der Waals surface area contributed by atoms with Crippen LogP contribution in [0.15, 0.2) is 6.20 Å². The Kier molecular flexibility index (Phi) is 2.83. The lowest BCUT2D eigenvalue weighted by atomic mass is 10.2. The van der Waals surface area contributed by atoms with Crippen LogP contribution in [-0.2, 0) is 4.74 Å². The molecule has 1 unspecified atom stereocenters. The van der Waals surface area contributed by atoms with Gasteiger partial charge in [0.05, 0.1) is 11.2 Å². The highest BCUT2D eigenvalue weighted by molar-refractivity contribution is 6.33. The van der Waals surface area contributed by atoms with E-state index in [1.807, 2.05) is 0 Å². The Morgan fingerprint density at radius 2 is 2.47 bits per heavy atom. The quantitative estimate of drug-likeness (QED) is 0.834. The Hall–Kier alpha value is -1.20. The zero-order chi connectivity index (χ0) is 10.8. The second-order valence-corrected chi connectivity index (χ2v) is 3.64. The van der Waals surface area contributed by atoms with Gasteiger partial charge in [-0.05, 0) is 12.8 Å². The topological polar surface area (TPSA) is 72.3 Å². The summed E-state index contributed by atoms with van der Waals surface area (Å²) in [4.78, 5) is 18.6. The molecule has 1 aliphatic rings. The summed E-state index contributed by atoms with van der Waals surface area (Å²) in [5.74, 6) is -0.754.